The fourth-order valence-electron chi connectivity index (χ4n) is 12.9. The smallest absolute Gasteiger partial charge is 0.137 e. The summed E-state index contributed by atoms with van der Waals surface area (Å²) in [5, 5.41) is 0. The molecule has 0 spiro atoms. The van der Waals surface area contributed by atoms with Gasteiger partial charge in [-0.25, -0.2) is 9.97 Å². The third-order valence-corrected chi connectivity index (χ3v) is 18.9. The number of ether oxygens (including phenoxy) is 7. The Labute approximate surface area is 526 Å². The van der Waals surface area contributed by atoms with E-state index in [1.165, 1.54) is 44.9 Å². The predicted molar refractivity (Wildman–Crippen MR) is 360 cm³/mol. The van der Waals surface area contributed by atoms with Gasteiger partial charge in [0.25, 0.3) is 0 Å². The first-order valence-corrected chi connectivity index (χ1v) is 32.9. The summed E-state index contributed by atoms with van der Waals surface area (Å²) in [5.74, 6) is 3.37. The van der Waals surface area contributed by atoms with E-state index >= 15 is 0 Å². The van der Waals surface area contributed by atoms with Crippen LogP contribution in [0.5, 0.6) is 23.0 Å². The molecule has 0 amide bonds. The lowest BCUT2D eigenvalue weighted by Gasteiger charge is -2.37. The van der Waals surface area contributed by atoms with Gasteiger partial charge in [0.2, 0.25) is 0 Å². The van der Waals surface area contributed by atoms with Crippen LogP contribution in [0.25, 0.3) is 90.9 Å². The van der Waals surface area contributed by atoms with E-state index in [1.54, 1.807) is 0 Å². The Balaban J connectivity index is 0.959. The summed E-state index contributed by atoms with van der Waals surface area (Å²) in [6.07, 6.45) is 18.7. The fourth-order valence-corrected chi connectivity index (χ4v) is 12.9. The van der Waals surface area contributed by atoms with Crippen LogP contribution in [0.2, 0.25) is 0 Å². The van der Waals surface area contributed by atoms with E-state index in [-0.39, 0.29) is 0 Å². The van der Waals surface area contributed by atoms with Crippen LogP contribution in [-0.4, -0.2) is 179 Å². The molecule has 0 unspecified atom stereocenters. The average molecular weight is 1200 g/mol. The molecule has 0 radical (unpaired) electrons. The van der Waals surface area contributed by atoms with Crippen molar-refractivity contribution in [1.29, 1.82) is 0 Å². The van der Waals surface area contributed by atoms with Crippen LogP contribution in [0.15, 0.2) is 121 Å². The van der Waals surface area contributed by atoms with Crippen molar-refractivity contribution >= 4 is 46.4 Å². The Morgan fingerprint density at radius 1 is 0.337 bits per heavy atom. The molecule has 89 heavy (non-hydrogen) atoms. The van der Waals surface area contributed by atoms with Crippen molar-refractivity contribution in [3.8, 4) is 67.5 Å². The molecule has 3 fully saturated rings. The minimum absolute atomic E-state index is 0.624. The number of hydrogen-bond acceptors (Lipinski definition) is 9. The second-order valence-corrected chi connectivity index (χ2v) is 25.7. The average Bonchev–Trinajstić information content (AvgIpc) is 1.81. The minimum Gasteiger partial charge on any atom is -0.494 e. The van der Waals surface area contributed by atoms with Crippen molar-refractivity contribution in [3.05, 3.63) is 144 Å². The molecule has 0 saturated carbocycles. The number of hydrogen-bond donors (Lipinski definition) is 2. The number of aromatic amines is 2. The second-order valence-electron chi connectivity index (χ2n) is 25.7. The third-order valence-electron chi connectivity index (χ3n) is 18.9. The van der Waals surface area contributed by atoms with Crippen molar-refractivity contribution in [2.75, 3.05) is 146 Å². The van der Waals surface area contributed by atoms with Gasteiger partial charge in [0.1, 0.15) is 102 Å². The Morgan fingerprint density at radius 3 is 0.876 bits per heavy atom. The summed E-state index contributed by atoms with van der Waals surface area (Å²) in [6.45, 7) is 18.3. The molecule has 2 N–H and O–H groups in total. The number of benzene rings is 4. The van der Waals surface area contributed by atoms with Gasteiger partial charge in [-0.15, -0.1) is 0 Å². The number of morpholine rings is 3. The summed E-state index contributed by atoms with van der Waals surface area (Å²) in [5.41, 5.74) is 15.0. The maximum atomic E-state index is 6.45. The number of quaternary nitrogens is 3. The van der Waals surface area contributed by atoms with E-state index in [1.807, 2.05) is 0 Å². The lowest BCUT2D eigenvalue weighted by molar-refractivity contribution is -0.916. The van der Waals surface area contributed by atoms with E-state index in [4.69, 9.17) is 43.1 Å². The molecule has 5 aliphatic rings. The summed E-state index contributed by atoms with van der Waals surface area (Å²) in [7, 11) is 6.89. The van der Waals surface area contributed by atoms with E-state index < -0.39 is 0 Å². The second kappa shape index (κ2) is 28.9. The first kappa shape index (κ1) is 61.7. The lowest BCUT2D eigenvalue weighted by Crippen LogP contribution is -2.53. The van der Waals surface area contributed by atoms with Gasteiger partial charge in [0.05, 0.1) is 90.2 Å². The van der Waals surface area contributed by atoms with Gasteiger partial charge in [-0.2, -0.15) is 0 Å². The van der Waals surface area contributed by atoms with Crippen molar-refractivity contribution in [3.63, 3.8) is 0 Å². The van der Waals surface area contributed by atoms with E-state index in [2.05, 4.69) is 184 Å². The highest BCUT2D eigenvalue weighted by atomic mass is 16.5. The summed E-state index contributed by atoms with van der Waals surface area (Å²) < 4.78 is 45.6. The number of nitrogens with one attached hydrogen (secondary N) is 2. The number of likely N-dealkylation sites (N-methyl/N-ethyl adjacent to an activating group) is 3. The largest absolute Gasteiger partial charge is 0.494 e. The van der Waals surface area contributed by atoms with Crippen LogP contribution < -0.4 is 18.9 Å². The van der Waals surface area contributed by atoms with Crippen LogP contribution in [0.1, 0.15) is 81.1 Å². The maximum absolute atomic E-state index is 6.45. The molecule has 14 heteroatoms. The van der Waals surface area contributed by atoms with Gasteiger partial charge in [0.15, 0.2) is 0 Å². The van der Waals surface area contributed by atoms with Gasteiger partial charge in [-0.3, -0.25) is 0 Å². The number of rotatable bonds is 26. The maximum Gasteiger partial charge on any atom is 0.137 e. The molecule has 0 atom stereocenters. The van der Waals surface area contributed by atoms with Crippen LogP contribution in [-0.2, 0) is 14.2 Å². The van der Waals surface area contributed by atoms with Crippen LogP contribution in [0.3, 0.4) is 0 Å². The van der Waals surface area contributed by atoms with Crippen molar-refractivity contribution < 1.29 is 46.6 Å². The van der Waals surface area contributed by atoms with Crippen molar-refractivity contribution in [2.24, 2.45) is 0 Å². The van der Waals surface area contributed by atoms with E-state index in [0.717, 1.165) is 231 Å². The van der Waals surface area contributed by atoms with E-state index in [9.17, 15) is 0 Å². The molecular weight excluding hydrogens is 1110 g/mol. The van der Waals surface area contributed by atoms with Crippen LogP contribution in [0.4, 0.5) is 0 Å². The molecule has 4 aromatic carbocycles. The Hall–Kier alpha value is -7.56. The molecule has 12 rings (SSSR count). The van der Waals surface area contributed by atoms with Crippen LogP contribution >= 0.6 is 0 Å². The molecule has 8 heterocycles. The topological polar surface area (TPSA) is 122 Å². The molecule has 8 bridgehead atoms. The number of unbranched alkanes of at least 4 members (excludes halogenated alkanes) is 7. The summed E-state index contributed by atoms with van der Waals surface area (Å²) >= 11 is 0. The van der Waals surface area contributed by atoms with Gasteiger partial charge in [-0.1, -0.05) is 100 Å². The fraction of sp³-hybridized carbons (Fsp3) is 0.413. The third kappa shape index (κ3) is 15.5. The quantitative estimate of drug-likeness (QED) is 0.0403. The molecule has 3 aromatic heterocycles. The molecule has 466 valence electrons. The van der Waals surface area contributed by atoms with Crippen molar-refractivity contribution in [1.82, 2.24) is 19.9 Å². The number of fused-ring (bicyclic) bond motifs is 8. The number of aromatic nitrogens is 4. The standard InChI is InChI=1S/C75H92N7O7/c1-5-6-7-8-9-10-11-12-46-86-60-21-13-56(14-22-60)72-64-29-31-66(76-64)73(57-15-23-61(24-16-57)87-53-43-80(2)37-47-83-48-38-80)68-33-35-70(78-68)75(59-19-27-63(28-20-59)89-55-45-82(4)41-51-85-52-42-82)71-36-34-69(79-71)74(67-32-30-65(72)77-67)58-17-25-62(26-18-58)88-54-44-81(3)39-49-84-50-40-81/h13-36,76,79H,5-12,37-55H2,1-4H3/q+3. The highest BCUT2D eigenvalue weighted by molar-refractivity contribution is 6.00. The Bertz CT molecular complexity index is 3630. The summed E-state index contributed by atoms with van der Waals surface area (Å²) in [6, 6.07) is 42.8. The number of nitrogens with zero attached hydrogens (tertiary/aromatic N) is 5. The highest BCUT2D eigenvalue weighted by Gasteiger charge is 2.28. The summed E-state index contributed by atoms with van der Waals surface area (Å²) in [4.78, 5) is 19.1. The van der Waals surface area contributed by atoms with Gasteiger partial charge >= 0.3 is 0 Å². The SMILES string of the molecule is CCCCCCCCCCOc1ccc(-c2c3nc(c(-c4ccc(OCC[N+]5(C)CCOCC5)cc4)c4ccc([nH]4)c(-c4ccc(OCC[N+]5(C)CCOCC5)cc4)c4nc(c(-c5ccc(OCC[N+]6(C)CCOCC6)cc5)c5ccc2[nH]5)C=C4)C=C3)cc1. The molecule has 7 aromatic rings. The zero-order chi connectivity index (χ0) is 60.9. The van der Waals surface area contributed by atoms with E-state index in [0.29, 0.717) is 26.4 Å². The first-order chi connectivity index (χ1) is 43.6. The predicted octanol–water partition coefficient (Wildman–Crippen LogP) is 14.4. The molecule has 5 aliphatic heterocycles. The monoisotopic (exact) mass is 1200 g/mol. The van der Waals surface area contributed by atoms with Gasteiger partial charge in [0, 0.05) is 44.3 Å². The zero-order valence-corrected chi connectivity index (χ0v) is 53.0. The molecule has 14 nitrogen and oxygen atoms in total. The Morgan fingerprint density at radius 2 is 0.596 bits per heavy atom. The zero-order valence-electron chi connectivity index (χ0n) is 53.0. The Kier molecular flexibility index (Phi) is 20.1. The molecule has 0 aliphatic carbocycles. The van der Waals surface area contributed by atoms with Gasteiger partial charge < -0.3 is 56.6 Å². The molecule has 3 saturated heterocycles. The normalized spacial score (nSPS) is 16.7. The van der Waals surface area contributed by atoms with Crippen LogP contribution in [0, 0.1) is 0 Å². The minimum atomic E-state index is 0.624. The first-order valence-electron chi connectivity index (χ1n) is 32.9. The molecular formula is C75H92N7O7+3. The number of H-pyrrole nitrogens is 2. The van der Waals surface area contributed by atoms with Crippen molar-refractivity contribution in [2.45, 2.75) is 58.3 Å². The lowest BCUT2D eigenvalue weighted by atomic mass is 10.0. The highest BCUT2D eigenvalue weighted by Crippen LogP contribution is 2.40. The van der Waals surface area contributed by atoms with Gasteiger partial charge in [-0.05, 0) is 126 Å².